The number of hydrogen-bond acceptors (Lipinski definition) is 3. The Kier molecular flexibility index (Phi) is 2.90. The highest BCUT2D eigenvalue weighted by Gasteiger charge is 2.11. The van der Waals surface area contributed by atoms with Gasteiger partial charge in [0.25, 0.3) is 10.0 Å². The maximum atomic E-state index is 11.1. The van der Waals surface area contributed by atoms with E-state index in [4.69, 9.17) is 11.6 Å². The van der Waals surface area contributed by atoms with Crippen LogP contribution in [0.1, 0.15) is 0 Å². The highest BCUT2D eigenvalue weighted by molar-refractivity contribution is 7.90. The molecule has 0 aliphatic rings. The van der Waals surface area contributed by atoms with Gasteiger partial charge in [0.05, 0.1) is 4.90 Å². The van der Waals surface area contributed by atoms with Crippen LogP contribution in [0.2, 0.25) is 5.02 Å². The maximum Gasteiger partial charge on any atom is 0.324 e. The number of carbonyl (C=O) groups excluding carboxylic acids is 1. The van der Waals surface area contributed by atoms with E-state index < -0.39 is 10.0 Å². The van der Waals surface area contributed by atoms with Crippen molar-refractivity contribution in [1.29, 1.82) is 0 Å². The average molecular weight is 219 g/mol. The molecule has 0 aliphatic heterocycles. The Hall–Kier alpha value is -1.07. The first-order chi connectivity index (χ1) is 6.06. The van der Waals surface area contributed by atoms with Crippen LogP contribution in [0, 0.1) is 0 Å². The van der Waals surface area contributed by atoms with Crippen molar-refractivity contribution < 1.29 is 13.2 Å². The quantitative estimate of drug-likeness (QED) is 0.760. The Morgan fingerprint density at radius 3 is 2.23 bits per heavy atom. The molecular weight excluding hydrogens is 214 g/mol. The second-order valence-corrected chi connectivity index (χ2v) is 4.28. The minimum absolute atomic E-state index is 0.0275. The van der Waals surface area contributed by atoms with Crippen LogP contribution in [0.5, 0.6) is 0 Å². The smallest absolute Gasteiger partial charge is 0.262 e. The van der Waals surface area contributed by atoms with Gasteiger partial charge in [-0.05, 0) is 24.3 Å². The van der Waals surface area contributed by atoms with Gasteiger partial charge in [0.15, 0.2) is 0 Å². The number of sulfonamides is 1. The molecule has 0 heterocycles. The summed E-state index contributed by atoms with van der Waals surface area (Å²) in [6, 6.07) is 5.42. The Morgan fingerprint density at radius 1 is 1.23 bits per heavy atom. The van der Waals surface area contributed by atoms with Crippen LogP contribution in [0.25, 0.3) is 0 Å². The Morgan fingerprint density at radius 2 is 1.77 bits per heavy atom. The zero-order valence-electron chi connectivity index (χ0n) is 6.32. The number of halogens is 1. The van der Waals surface area contributed by atoms with Crippen molar-refractivity contribution in [2.45, 2.75) is 4.90 Å². The molecular formula is C7H5ClNO3S. The molecule has 6 heteroatoms. The van der Waals surface area contributed by atoms with Crippen molar-refractivity contribution in [3.05, 3.63) is 29.3 Å². The molecule has 0 atom stereocenters. The lowest BCUT2D eigenvalue weighted by molar-refractivity contribution is 0.547. The highest BCUT2D eigenvalue weighted by atomic mass is 35.5. The van der Waals surface area contributed by atoms with E-state index in [0.717, 1.165) is 6.41 Å². The third-order valence-electron chi connectivity index (χ3n) is 1.30. The molecule has 1 N–H and O–H groups in total. The van der Waals surface area contributed by atoms with Crippen LogP contribution in [-0.4, -0.2) is 14.8 Å². The Bertz CT molecular complexity index is 398. The van der Waals surface area contributed by atoms with Gasteiger partial charge in [0.1, 0.15) is 0 Å². The van der Waals surface area contributed by atoms with Gasteiger partial charge < -0.3 is 0 Å². The molecule has 0 saturated carbocycles. The summed E-state index contributed by atoms with van der Waals surface area (Å²) in [5, 5.41) is 0.425. The van der Waals surface area contributed by atoms with Crippen molar-refractivity contribution in [2.24, 2.45) is 0 Å². The van der Waals surface area contributed by atoms with Gasteiger partial charge in [-0.3, -0.25) is 4.79 Å². The lowest BCUT2D eigenvalue weighted by atomic mass is 10.4. The third-order valence-corrected chi connectivity index (χ3v) is 2.80. The molecule has 13 heavy (non-hydrogen) atoms. The van der Waals surface area contributed by atoms with Crippen molar-refractivity contribution in [1.82, 2.24) is 4.72 Å². The van der Waals surface area contributed by atoms with E-state index in [9.17, 15) is 13.2 Å². The van der Waals surface area contributed by atoms with Gasteiger partial charge >= 0.3 is 6.41 Å². The van der Waals surface area contributed by atoms with Crippen LogP contribution in [0.4, 0.5) is 0 Å². The van der Waals surface area contributed by atoms with Crippen LogP contribution in [-0.2, 0) is 14.8 Å². The van der Waals surface area contributed by atoms with E-state index in [1.165, 1.54) is 24.3 Å². The standard InChI is InChI=1S/C7H5ClNO3S/c8-6-1-3-7(4-2-6)13(11,12)9-5-10/h1-4H,(H,9,10). The summed E-state index contributed by atoms with van der Waals surface area (Å²) in [6.45, 7) is 0. The van der Waals surface area contributed by atoms with Crippen molar-refractivity contribution >= 4 is 28.0 Å². The van der Waals surface area contributed by atoms with Gasteiger partial charge in [0, 0.05) is 5.02 Å². The number of rotatable bonds is 3. The van der Waals surface area contributed by atoms with E-state index in [-0.39, 0.29) is 4.90 Å². The molecule has 0 aliphatic carbocycles. The van der Waals surface area contributed by atoms with Crippen LogP contribution in [0.15, 0.2) is 29.2 Å². The fourth-order valence-corrected chi connectivity index (χ4v) is 1.58. The van der Waals surface area contributed by atoms with Crippen LogP contribution in [0.3, 0.4) is 0 Å². The molecule has 1 radical (unpaired) electrons. The fraction of sp³-hybridized carbons (Fsp3) is 0. The summed E-state index contributed by atoms with van der Waals surface area (Å²) < 4.78 is 23.8. The molecule has 4 nitrogen and oxygen atoms in total. The normalized spacial score (nSPS) is 10.8. The third kappa shape index (κ3) is 2.43. The van der Waals surface area contributed by atoms with E-state index in [1.807, 2.05) is 0 Å². The molecule has 0 unspecified atom stereocenters. The van der Waals surface area contributed by atoms with Gasteiger partial charge in [0.2, 0.25) is 0 Å². The van der Waals surface area contributed by atoms with Crippen LogP contribution < -0.4 is 4.72 Å². The van der Waals surface area contributed by atoms with Gasteiger partial charge in [-0.1, -0.05) is 11.6 Å². The number of hydrogen-bond donors (Lipinski definition) is 1. The molecule has 1 amide bonds. The van der Waals surface area contributed by atoms with Gasteiger partial charge in [-0.2, -0.15) is 0 Å². The molecule has 0 aromatic heterocycles. The minimum atomic E-state index is -3.76. The summed E-state index contributed by atoms with van der Waals surface area (Å²) in [7, 11) is -3.76. The largest absolute Gasteiger partial charge is 0.324 e. The molecule has 0 fully saturated rings. The molecule has 0 bridgehead atoms. The lowest BCUT2D eigenvalue weighted by Crippen LogP contribution is -2.21. The summed E-state index contributed by atoms with van der Waals surface area (Å²) in [4.78, 5) is 9.79. The van der Waals surface area contributed by atoms with E-state index in [1.54, 1.807) is 4.72 Å². The average Bonchev–Trinajstić information content (AvgIpc) is 2.05. The van der Waals surface area contributed by atoms with Gasteiger partial charge in [-0.15, -0.1) is 0 Å². The summed E-state index contributed by atoms with van der Waals surface area (Å²) in [6.07, 6.45) is 1.10. The van der Waals surface area contributed by atoms with Crippen molar-refractivity contribution in [2.75, 3.05) is 0 Å². The number of benzene rings is 1. The second-order valence-electron chi connectivity index (χ2n) is 2.16. The van der Waals surface area contributed by atoms with E-state index >= 15 is 0 Å². The van der Waals surface area contributed by atoms with Crippen molar-refractivity contribution in [3.8, 4) is 0 Å². The predicted octanol–water partition coefficient (Wildman–Crippen LogP) is 0.685. The van der Waals surface area contributed by atoms with Crippen molar-refractivity contribution in [3.63, 3.8) is 0 Å². The number of nitrogens with one attached hydrogen (secondary N) is 1. The highest BCUT2D eigenvalue weighted by Crippen LogP contribution is 2.13. The maximum absolute atomic E-state index is 11.1. The van der Waals surface area contributed by atoms with Crippen LogP contribution >= 0.6 is 11.6 Å². The first-order valence-electron chi connectivity index (χ1n) is 3.21. The first-order valence-corrected chi connectivity index (χ1v) is 5.07. The summed E-state index contributed by atoms with van der Waals surface area (Å²) >= 11 is 5.55. The zero-order chi connectivity index (χ0) is 9.90. The van der Waals surface area contributed by atoms with E-state index in [2.05, 4.69) is 0 Å². The minimum Gasteiger partial charge on any atom is -0.262 e. The summed E-state index contributed by atoms with van der Waals surface area (Å²) in [5.41, 5.74) is 0. The molecule has 0 spiro atoms. The molecule has 1 aromatic rings. The predicted molar refractivity (Wildman–Crippen MR) is 47.5 cm³/mol. The molecule has 0 saturated heterocycles. The fourth-order valence-electron chi connectivity index (χ4n) is 0.728. The first kappa shape index (κ1) is 10.0. The zero-order valence-corrected chi connectivity index (χ0v) is 7.89. The molecule has 1 rings (SSSR count). The summed E-state index contributed by atoms with van der Waals surface area (Å²) in [5.74, 6) is 0. The Labute approximate surface area is 80.6 Å². The van der Waals surface area contributed by atoms with E-state index in [0.29, 0.717) is 5.02 Å². The monoisotopic (exact) mass is 218 g/mol. The Balaban J connectivity index is 3.08. The molecule has 1 aromatic carbocycles. The lowest BCUT2D eigenvalue weighted by Gasteiger charge is -2.00. The molecule has 69 valence electrons. The SMILES string of the molecule is O=[C]NS(=O)(=O)c1ccc(Cl)cc1. The second kappa shape index (κ2) is 3.76. The number of amides is 1. The topological polar surface area (TPSA) is 63.2 Å². The van der Waals surface area contributed by atoms with Gasteiger partial charge in [-0.25, -0.2) is 13.1 Å².